The zero-order valence-corrected chi connectivity index (χ0v) is 13.0. The molecule has 5 nitrogen and oxygen atoms in total. The van der Waals surface area contributed by atoms with Crippen molar-refractivity contribution in [2.24, 2.45) is 0 Å². The van der Waals surface area contributed by atoms with Crippen molar-refractivity contribution in [3.05, 3.63) is 28.8 Å². The molecule has 7 heteroatoms. The number of aliphatic carboxylic acids is 1. The Hall–Kier alpha value is -1.53. The fourth-order valence-electron chi connectivity index (χ4n) is 2.17. The lowest BCUT2D eigenvalue weighted by molar-refractivity contribution is -0.133. The van der Waals surface area contributed by atoms with Crippen LogP contribution in [0.5, 0.6) is 0 Å². The molecule has 0 aliphatic heterocycles. The number of rotatable bonds is 5. The van der Waals surface area contributed by atoms with Gasteiger partial charge in [0.15, 0.2) is 11.0 Å². The maximum absolute atomic E-state index is 10.7. The van der Waals surface area contributed by atoms with Gasteiger partial charge in [-0.3, -0.25) is 9.36 Å². The molecule has 21 heavy (non-hydrogen) atoms. The smallest absolute Gasteiger partial charge is 0.313 e. The number of carboxylic acids is 1. The Bertz CT molecular complexity index is 698. The van der Waals surface area contributed by atoms with Crippen LogP contribution in [0.25, 0.3) is 11.4 Å². The summed E-state index contributed by atoms with van der Waals surface area (Å²) in [7, 11) is 0. The lowest BCUT2D eigenvalue weighted by Gasteiger charge is -2.10. The largest absolute Gasteiger partial charge is 0.481 e. The van der Waals surface area contributed by atoms with E-state index < -0.39 is 5.97 Å². The molecule has 2 aromatic rings. The number of benzene rings is 1. The zero-order valence-electron chi connectivity index (χ0n) is 11.4. The highest BCUT2D eigenvalue weighted by atomic mass is 35.5. The van der Waals surface area contributed by atoms with Gasteiger partial charge in [0.1, 0.15) is 0 Å². The second kappa shape index (κ2) is 5.69. The zero-order chi connectivity index (χ0) is 15.0. The highest BCUT2D eigenvalue weighted by molar-refractivity contribution is 7.99. The van der Waals surface area contributed by atoms with Gasteiger partial charge in [0, 0.05) is 11.6 Å². The molecule has 1 saturated carbocycles. The second-order valence-electron chi connectivity index (χ2n) is 5.03. The minimum absolute atomic E-state index is 0.0214. The Labute approximate surface area is 131 Å². The number of carbonyl (C=O) groups is 1. The van der Waals surface area contributed by atoms with Crippen molar-refractivity contribution in [3.8, 4) is 11.4 Å². The van der Waals surface area contributed by atoms with Gasteiger partial charge in [0.05, 0.1) is 10.8 Å². The van der Waals surface area contributed by atoms with Crippen LogP contribution in [-0.4, -0.2) is 31.6 Å². The van der Waals surface area contributed by atoms with Crippen molar-refractivity contribution in [1.29, 1.82) is 0 Å². The molecule has 1 fully saturated rings. The van der Waals surface area contributed by atoms with Crippen LogP contribution in [-0.2, 0) is 4.79 Å². The SMILES string of the molecule is Cc1cccc(-c2nnc(SCC(=O)O)n2C2CC2)c1Cl. The van der Waals surface area contributed by atoms with Crippen molar-refractivity contribution < 1.29 is 9.90 Å². The first-order chi connectivity index (χ1) is 10.1. The number of aryl methyl sites for hydroxylation is 1. The number of aromatic nitrogens is 3. The monoisotopic (exact) mass is 323 g/mol. The van der Waals surface area contributed by atoms with E-state index in [2.05, 4.69) is 10.2 Å². The van der Waals surface area contributed by atoms with Crippen LogP contribution in [0.2, 0.25) is 5.02 Å². The predicted octanol–water partition coefficient (Wildman–Crippen LogP) is 3.42. The summed E-state index contributed by atoms with van der Waals surface area (Å²) in [5.41, 5.74) is 1.83. The van der Waals surface area contributed by atoms with E-state index in [0.29, 0.717) is 16.2 Å². The molecule has 1 N–H and O–H groups in total. The van der Waals surface area contributed by atoms with Crippen molar-refractivity contribution in [3.63, 3.8) is 0 Å². The van der Waals surface area contributed by atoms with Crippen LogP contribution in [0.1, 0.15) is 24.4 Å². The number of halogens is 1. The first-order valence-electron chi connectivity index (χ1n) is 6.63. The number of carboxylic acid groups (broad SMARTS) is 1. The molecule has 1 aliphatic carbocycles. The molecule has 1 aromatic heterocycles. The fraction of sp³-hybridized carbons (Fsp3) is 0.357. The van der Waals surface area contributed by atoms with E-state index in [9.17, 15) is 4.79 Å². The van der Waals surface area contributed by atoms with Gasteiger partial charge in [-0.2, -0.15) is 0 Å². The van der Waals surface area contributed by atoms with Gasteiger partial charge >= 0.3 is 5.97 Å². The molecule has 0 spiro atoms. The van der Waals surface area contributed by atoms with Gasteiger partial charge in [0.2, 0.25) is 0 Å². The molecule has 1 aliphatic rings. The minimum atomic E-state index is -0.861. The molecule has 1 aromatic carbocycles. The molecule has 0 radical (unpaired) electrons. The maximum Gasteiger partial charge on any atom is 0.313 e. The molecular formula is C14H14ClN3O2S. The van der Waals surface area contributed by atoms with Crippen LogP contribution in [0, 0.1) is 6.92 Å². The van der Waals surface area contributed by atoms with Crippen LogP contribution in [0.4, 0.5) is 0 Å². The van der Waals surface area contributed by atoms with Crippen molar-refractivity contribution in [2.75, 3.05) is 5.75 Å². The third kappa shape index (κ3) is 2.91. The number of nitrogens with zero attached hydrogens (tertiary/aromatic N) is 3. The standard InChI is InChI=1S/C14H14ClN3O2S/c1-8-3-2-4-10(12(8)15)13-16-17-14(21-7-11(19)20)18(13)9-5-6-9/h2-4,9H,5-7H2,1H3,(H,19,20). The van der Waals surface area contributed by atoms with Gasteiger partial charge in [-0.25, -0.2) is 0 Å². The van der Waals surface area contributed by atoms with E-state index in [1.165, 1.54) is 11.8 Å². The average molecular weight is 324 g/mol. The quantitative estimate of drug-likeness (QED) is 0.854. The van der Waals surface area contributed by atoms with E-state index >= 15 is 0 Å². The van der Waals surface area contributed by atoms with Crippen LogP contribution in [0.15, 0.2) is 23.4 Å². The molecule has 3 rings (SSSR count). The minimum Gasteiger partial charge on any atom is -0.481 e. The molecule has 0 saturated heterocycles. The van der Waals surface area contributed by atoms with E-state index in [1.54, 1.807) is 0 Å². The van der Waals surface area contributed by atoms with Crippen molar-refractivity contribution in [1.82, 2.24) is 14.8 Å². The highest BCUT2D eigenvalue weighted by Crippen LogP contribution is 2.42. The van der Waals surface area contributed by atoms with Crippen molar-refractivity contribution >= 4 is 29.3 Å². The Morgan fingerprint density at radius 2 is 2.24 bits per heavy atom. The van der Waals surface area contributed by atoms with Crippen molar-refractivity contribution in [2.45, 2.75) is 31.0 Å². The molecule has 0 amide bonds. The summed E-state index contributed by atoms with van der Waals surface area (Å²) in [6.07, 6.45) is 2.13. The van der Waals surface area contributed by atoms with Gasteiger partial charge < -0.3 is 5.11 Å². The third-order valence-electron chi connectivity index (χ3n) is 3.33. The average Bonchev–Trinajstić information content (AvgIpc) is 3.20. The Kier molecular flexibility index (Phi) is 3.91. The van der Waals surface area contributed by atoms with Crippen LogP contribution >= 0.6 is 23.4 Å². The number of thioether (sulfide) groups is 1. The summed E-state index contributed by atoms with van der Waals surface area (Å²) in [6, 6.07) is 6.16. The maximum atomic E-state index is 10.7. The fourth-order valence-corrected chi connectivity index (χ4v) is 3.10. The predicted molar refractivity (Wildman–Crippen MR) is 81.8 cm³/mol. The van der Waals surface area contributed by atoms with E-state index in [1.807, 2.05) is 29.7 Å². The third-order valence-corrected chi connectivity index (χ3v) is 4.76. The second-order valence-corrected chi connectivity index (χ2v) is 6.35. The lowest BCUT2D eigenvalue weighted by atomic mass is 10.1. The summed E-state index contributed by atoms with van der Waals surface area (Å²) in [5.74, 6) is -0.161. The summed E-state index contributed by atoms with van der Waals surface area (Å²) in [5, 5.41) is 18.5. The van der Waals surface area contributed by atoms with E-state index in [0.717, 1.165) is 29.8 Å². The number of hydrogen-bond donors (Lipinski definition) is 1. The number of hydrogen-bond acceptors (Lipinski definition) is 4. The van der Waals surface area contributed by atoms with Gasteiger partial charge in [0.25, 0.3) is 0 Å². The van der Waals surface area contributed by atoms with Gasteiger partial charge in [-0.15, -0.1) is 10.2 Å². The summed E-state index contributed by atoms with van der Waals surface area (Å²) in [6.45, 7) is 1.95. The van der Waals surface area contributed by atoms with Gasteiger partial charge in [-0.1, -0.05) is 35.5 Å². The Morgan fingerprint density at radius 1 is 1.48 bits per heavy atom. The van der Waals surface area contributed by atoms with Gasteiger partial charge in [-0.05, 0) is 31.4 Å². The first-order valence-corrected chi connectivity index (χ1v) is 7.99. The molecular weight excluding hydrogens is 310 g/mol. The highest BCUT2D eigenvalue weighted by Gasteiger charge is 2.31. The Morgan fingerprint density at radius 3 is 2.90 bits per heavy atom. The topological polar surface area (TPSA) is 68.0 Å². The first kappa shape index (κ1) is 14.4. The molecule has 0 unspecified atom stereocenters. The molecule has 1 heterocycles. The lowest BCUT2D eigenvalue weighted by Crippen LogP contribution is -2.03. The summed E-state index contributed by atoms with van der Waals surface area (Å²) >= 11 is 7.58. The molecule has 110 valence electrons. The van der Waals surface area contributed by atoms with Crippen LogP contribution < -0.4 is 0 Å². The van der Waals surface area contributed by atoms with E-state index in [-0.39, 0.29) is 5.75 Å². The van der Waals surface area contributed by atoms with Crippen LogP contribution in [0.3, 0.4) is 0 Å². The molecule has 0 bridgehead atoms. The summed E-state index contributed by atoms with van der Waals surface area (Å²) in [4.78, 5) is 10.7. The Balaban J connectivity index is 2.02. The normalized spacial score (nSPS) is 14.4. The van der Waals surface area contributed by atoms with E-state index in [4.69, 9.17) is 16.7 Å². The molecule has 0 atom stereocenters. The summed E-state index contributed by atoms with van der Waals surface area (Å²) < 4.78 is 2.02.